The smallest absolute Gasteiger partial charge is 0.190 e. The summed E-state index contributed by atoms with van der Waals surface area (Å²) in [7, 11) is 1.82. The highest BCUT2D eigenvalue weighted by atomic mass is 127. The van der Waals surface area contributed by atoms with Gasteiger partial charge in [0, 0.05) is 37.5 Å². The van der Waals surface area contributed by atoms with Crippen LogP contribution in [0.4, 0.5) is 0 Å². The van der Waals surface area contributed by atoms with Crippen LogP contribution >= 0.6 is 47.1 Å². The van der Waals surface area contributed by atoms with E-state index in [4.69, 9.17) is 0 Å². The lowest BCUT2D eigenvalue weighted by molar-refractivity contribution is 0.736. The van der Waals surface area contributed by atoms with Crippen LogP contribution in [-0.2, 0) is 6.42 Å². The molecule has 24 heavy (non-hydrogen) atoms. The topological polar surface area (TPSA) is 49.3 Å². The molecule has 0 bridgehead atoms. The third-order valence-electron chi connectivity index (χ3n) is 3.25. The molecule has 0 saturated heterocycles. The van der Waals surface area contributed by atoms with E-state index in [9.17, 15) is 0 Å². The van der Waals surface area contributed by atoms with E-state index in [0.717, 1.165) is 48.4 Å². The van der Waals surface area contributed by atoms with Crippen molar-refractivity contribution in [3.05, 3.63) is 47.5 Å². The van der Waals surface area contributed by atoms with Gasteiger partial charge in [0.15, 0.2) is 5.96 Å². The van der Waals surface area contributed by atoms with Gasteiger partial charge in [-0.2, -0.15) is 0 Å². The molecular weight excluding hydrogens is 451 g/mol. The molecule has 4 nitrogen and oxygen atoms in total. The fourth-order valence-electron chi connectivity index (χ4n) is 2.08. The number of aryl methyl sites for hydroxylation is 1. The summed E-state index contributed by atoms with van der Waals surface area (Å²) >= 11 is 3.51. The van der Waals surface area contributed by atoms with E-state index < -0.39 is 0 Å². The molecule has 2 aromatic rings. The molecule has 0 saturated carbocycles. The standard InChI is InChI=1S/C17H24N4S2.HI/c1-18-16(19-10-5-9-15-7-3-2-4-8-15)20-11-6-13-22-17-21-12-14-23-17;/h2-4,7-8,12,14H,5-6,9-11,13H2,1H3,(H2,18,19,20);1H. The molecule has 1 aromatic heterocycles. The highest BCUT2D eigenvalue weighted by Crippen LogP contribution is 2.20. The predicted octanol–water partition coefficient (Wildman–Crippen LogP) is 4.04. The maximum absolute atomic E-state index is 4.27. The molecule has 1 heterocycles. The van der Waals surface area contributed by atoms with Gasteiger partial charge in [0.05, 0.1) is 0 Å². The molecule has 7 heteroatoms. The molecule has 2 N–H and O–H groups in total. The van der Waals surface area contributed by atoms with Crippen molar-refractivity contribution in [3.63, 3.8) is 0 Å². The minimum absolute atomic E-state index is 0. The quantitative estimate of drug-likeness (QED) is 0.189. The van der Waals surface area contributed by atoms with E-state index in [1.807, 2.05) is 30.4 Å². The van der Waals surface area contributed by atoms with E-state index >= 15 is 0 Å². The van der Waals surface area contributed by atoms with Gasteiger partial charge in [-0.15, -0.1) is 35.3 Å². The normalized spacial score (nSPS) is 11.0. The third-order valence-corrected chi connectivity index (χ3v) is 5.30. The summed E-state index contributed by atoms with van der Waals surface area (Å²) < 4.78 is 1.15. The van der Waals surface area contributed by atoms with E-state index in [2.05, 4.69) is 50.9 Å². The maximum Gasteiger partial charge on any atom is 0.190 e. The maximum atomic E-state index is 4.27. The first-order valence-electron chi connectivity index (χ1n) is 7.89. The molecule has 132 valence electrons. The molecule has 0 fully saturated rings. The number of aliphatic imine (C=N–C) groups is 1. The summed E-state index contributed by atoms with van der Waals surface area (Å²) in [6.45, 7) is 1.86. The Balaban J connectivity index is 0.00000288. The first-order valence-corrected chi connectivity index (χ1v) is 9.76. The van der Waals surface area contributed by atoms with Crippen LogP contribution in [0.2, 0.25) is 0 Å². The van der Waals surface area contributed by atoms with Gasteiger partial charge in [-0.05, 0) is 24.8 Å². The highest BCUT2D eigenvalue weighted by molar-refractivity contribution is 14.0. The predicted molar refractivity (Wildman–Crippen MR) is 117 cm³/mol. The number of rotatable bonds is 9. The van der Waals surface area contributed by atoms with Crippen molar-refractivity contribution < 1.29 is 0 Å². The number of thioether (sulfide) groups is 1. The van der Waals surface area contributed by atoms with Crippen LogP contribution in [-0.4, -0.2) is 36.8 Å². The summed E-state index contributed by atoms with van der Waals surface area (Å²) in [6, 6.07) is 10.6. The summed E-state index contributed by atoms with van der Waals surface area (Å²) in [6.07, 6.45) is 5.14. The second-order valence-electron chi connectivity index (χ2n) is 5.01. The number of nitrogens with one attached hydrogen (secondary N) is 2. The molecule has 0 spiro atoms. The molecule has 0 aliphatic heterocycles. The molecule has 0 amide bonds. The van der Waals surface area contributed by atoms with Crippen molar-refractivity contribution in [2.24, 2.45) is 4.99 Å². The van der Waals surface area contributed by atoms with Gasteiger partial charge in [-0.25, -0.2) is 4.98 Å². The van der Waals surface area contributed by atoms with Crippen molar-refractivity contribution in [1.29, 1.82) is 0 Å². The van der Waals surface area contributed by atoms with Gasteiger partial charge in [-0.1, -0.05) is 42.1 Å². The Morgan fingerprint density at radius 2 is 1.92 bits per heavy atom. The van der Waals surface area contributed by atoms with Crippen LogP contribution in [0, 0.1) is 0 Å². The molecule has 1 aromatic carbocycles. The van der Waals surface area contributed by atoms with Gasteiger partial charge >= 0.3 is 0 Å². The van der Waals surface area contributed by atoms with E-state index in [0.29, 0.717) is 0 Å². The lowest BCUT2D eigenvalue weighted by atomic mass is 10.1. The van der Waals surface area contributed by atoms with Crippen LogP contribution < -0.4 is 10.6 Å². The summed E-state index contributed by atoms with van der Waals surface area (Å²) in [5.41, 5.74) is 1.39. The first-order chi connectivity index (χ1) is 11.4. The van der Waals surface area contributed by atoms with Crippen molar-refractivity contribution in [1.82, 2.24) is 15.6 Å². The zero-order valence-electron chi connectivity index (χ0n) is 13.9. The SMILES string of the molecule is CN=C(NCCCSc1nccs1)NCCCc1ccccc1.I. The number of guanidine groups is 1. The molecule has 0 radical (unpaired) electrons. The van der Waals surface area contributed by atoms with Crippen LogP contribution in [0.25, 0.3) is 0 Å². The van der Waals surface area contributed by atoms with E-state index in [1.54, 1.807) is 11.3 Å². The Morgan fingerprint density at radius 3 is 2.58 bits per heavy atom. The number of nitrogens with zero attached hydrogens (tertiary/aromatic N) is 2. The second kappa shape index (κ2) is 13.5. The Kier molecular flexibility index (Phi) is 11.9. The molecule has 0 aliphatic carbocycles. The van der Waals surface area contributed by atoms with Gasteiger partial charge in [0.1, 0.15) is 4.34 Å². The Bertz CT molecular complexity index is 561. The highest BCUT2D eigenvalue weighted by Gasteiger charge is 1.99. The molecule has 0 aliphatic rings. The van der Waals surface area contributed by atoms with Crippen molar-refractivity contribution in [2.75, 3.05) is 25.9 Å². The van der Waals surface area contributed by atoms with Gasteiger partial charge in [-0.3, -0.25) is 4.99 Å². The molecule has 0 unspecified atom stereocenters. The van der Waals surface area contributed by atoms with Crippen LogP contribution in [0.5, 0.6) is 0 Å². The van der Waals surface area contributed by atoms with Crippen molar-refractivity contribution in [2.45, 2.75) is 23.6 Å². The van der Waals surface area contributed by atoms with Crippen molar-refractivity contribution in [3.8, 4) is 0 Å². The average molecular weight is 476 g/mol. The summed E-state index contributed by atoms with van der Waals surface area (Å²) in [5.74, 6) is 1.96. The monoisotopic (exact) mass is 476 g/mol. The fourth-order valence-corrected chi connectivity index (χ4v) is 3.73. The van der Waals surface area contributed by atoms with E-state index in [-0.39, 0.29) is 24.0 Å². The Hall–Kier alpha value is -0.800. The zero-order chi connectivity index (χ0) is 16.2. The number of halogens is 1. The third kappa shape index (κ3) is 8.89. The fraction of sp³-hybridized carbons (Fsp3) is 0.412. The second-order valence-corrected chi connectivity index (χ2v) is 7.25. The summed E-state index contributed by atoms with van der Waals surface area (Å²) in [4.78, 5) is 8.52. The first kappa shape index (κ1) is 21.2. The lowest BCUT2D eigenvalue weighted by Crippen LogP contribution is -2.38. The van der Waals surface area contributed by atoms with Gasteiger partial charge in [0.25, 0.3) is 0 Å². The van der Waals surface area contributed by atoms with Crippen LogP contribution in [0.15, 0.2) is 51.2 Å². The number of benzene rings is 1. The Labute approximate surface area is 170 Å². The van der Waals surface area contributed by atoms with Gasteiger partial charge in [0.2, 0.25) is 0 Å². The zero-order valence-corrected chi connectivity index (χ0v) is 17.9. The number of hydrogen-bond acceptors (Lipinski definition) is 4. The minimum atomic E-state index is 0. The van der Waals surface area contributed by atoms with E-state index in [1.165, 1.54) is 5.56 Å². The van der Waals surface area contributed by atoms with Crippen molar-refractivity contribution >= 4 is 53.0 Å². The van der Waals surface area contributed by atoms with Crippen LogP contribution in [0.3, 0.4) is 0 Å². The molecule has 2 rings (SSSR count). The summed E-state index contributed by atoms with van der Waals surface area (Å²) in [5, 5.41) is 8.74. The average Bonchev–Trinajstić information content (AvgIpc) is 3.11. The minimum Gasteiger partial charge on any atom is -0.356 e. The van der Waals surface area contributed by atoms with Gasteiger partial charge < -0.3 is 10.6 Å². The molecule has 0 atom stereocenters. The number of thiazole rings is 1. The number of aromatic nitrogens is 1. The molecular formula is C17H25IN4S2. The lowest BCUT2D eigenvalue weighted by Gasteiger charge is -2.11. The number of hydrogen-bond donors (Lipinski definition) is 2. The Morgan fingerprint density at radius 1 is 1.17 bits per heavy atom. The van der Waals surface area contributed by atoms with Crippen LogP contribution in [0.1, 0.15) is 18.4 Å². The largest absolute Gasteiger partial charge is 0.356 e.